The van der Waals surface area contributed by atoms with E-state index in [2.05, 4.69) is 54.4 Å². The fourth-order valence-electron chi connectivity index (χ4n) is 5.75. The maximum atomic E-state index is 8.91. The Morgan fingerprint density at radius 2 is 1.88 bits per heavy atom. The Morgan fingerprint density at radius 3 is 2.61 bits per heavy atom. The van der Waals surface area contributed by atoms with Gasteiger partial charge in [-0.25, -0.2) is 0 Å². The van der Waals surface area contributed by atoms with Gasteiger partial charge in [-0.05, 0) is 98.8 Å². The molecule has 2 heterocycles. The molecule has 4 rings (SSSR count). The molecule has 2 aliphatic heterocycles. The summed E-state index contributed by atoms with van der Waals surface area (Å²) in [6.07, 6.45) is 7.22. The van der Waals surface area contributed by atoms with Gasteiger partial charge < -0.3 is 15.0 Å². The zero-order chi connectivity index (χ0) is 23.1. The van der Waals surface area contributed by atoms with Gasteiger partial charge in [-0.3, -0.25) is 0 Å². The van der Waals surface area contributed by atoms with E-state index in [1.54, 1.807) is 11.1 Å². The Labute approximate surface area is 199 Å². The molecule has 2 aliphatic rings. The minimum absolute atomic E-state index is 0.143. The van der Waals surface area contributed by atoms with Crippen molar-refractivity contribution in [2.75, 3.05) is 32.8 Å². The lowest BCUT2D eigenvalue weighted by molar-refractivity contribution is 0.0857. The fourth-order valence-corrected chi connectivity index (χ4v) is 5.75. The third kappa shape index (κ3) is 5.78. The van der Waals surface area contributed by atoms with Crippen molar-refractivity contribution in [2.24, 2.45) is 11.8 Å². The average Bonchev–Trinajstić information content (AvgIpc) is 2.86. The molecular formula is C29H39N3O. The minimum Gasteiger partial charge on any atom is -0.494 e. The lowest BCUT2D eigenvalue weighted by Crippen LogP contribution is -2.55. The van der Waals surface area contributed by atoms with Gasteiger partial charge in [0.25, 0.3) is 0 Å². The van der Waals surface area contributed by atoms with Gasteiger partial charge in [0.05, 0.1) is 18.2 Å². The van der Waals surface area contributed by atoms with Gasteiger partial charge in [-0.2, -0.15) is 5.26 Å². The number of benzene rings is 2. The summed E-state index contributed by atoms with van der Waals surface area (Å²) in [5.74, 6) is 2.28. The van der Waals surface area contributed by atoms with Crippen LogP contribution in [0.3, 0.4) is 0 Å². The van der Waals surface area contributed by atoms with Gasteiger partial charge in [0.2, 0.25) is 0 Å². The summed E-state index contributed by atoms with van der Waals surface area (Å²) < 4.78 is 5.88. The highest BCUT2D eigenvalue weighted by Crippen LogP contribution is 2.44. The lowest BCUT2D eigenvalue weighted by atomic mass is 9.67. The largest absolute Gasteiger partial charge is 0.494 e. The van der Waals surface area contributed by atoms with Crippen LogP contribution < -0.4 is 10.1 Å². The van der Waals surface area contributed by atoms with Crippen LogP contribution in [0.5, 0.6) is 5.75 Å². The minimum atomic E-state index is 0.143. The van der Waals surface area contributed by atoms with Crippen LogP contribution in [0.25, 0.3) is 0 Å². The summed E-state index contributed by atoms with van der Waals surface area (Å²) >= 11 is 0. The molecule has 4 heteroatoms. The third-order valence-electron chi connectivity index (χ3n) is 7.60. The molecule has 33 heavy (non-hydrogen) atoms. The van der Waals surface area contributed by atoms with Crippen LogP contribution in [0.4, 0.5) is 0 Å². The Kier molecular flexibility index (Phi) is 8.06. The highest BCUT2D eigenvalue weighted by atomic mass is 16.5. The molecule has 1 unspecified atom stereocenters. The van der Waals surface area contributed by atoms with E-state index < -0.39 is 0 Å². The van der Waals surface area contributed by atoms with E-state index >= 15 is 0 Å². The molecule has 176 valence electrons. The molecule has 1 saturated heterocycles. The van der Waals surface area contributed by atoms with E-state index in [4.69, 9.17) is 10.00 Å². The van der Waals surface area contributed by atoms with Crippen molar-refractivity contribution in [1.29, 1.82) is 5.26 Å². The van der Waals surface area contributed by atoms with Crippen molar-refractivity contribution in [3.05, 3.63) is 65.2 Å². The predicted molar refractivity (Wildman–Crippen MR) is 134 cm³/mol. The molecule has 0 radical (unpaired) electrons. The number of piperidine rings is 1. The highest BCUT2D eigenvalue weighted by molar-refractivity contribution is 5.37. The summed E-state index contributed by atoms with van der Waals surface area (Å²) in [4.78, 5) is 2.61. The summed E-state index contributed by atoms with van der Waals surface area (Å²) in [6.45, 7) is 9.96. The maximum Gasteiger partial charge on any atom is 0.119 e. The topological polar surface area (TPSA) is 48.3 Å². The standard InChI is InChI=1S/C29H39N3O/c1-23(2)12-16-29(28-7-4-3-6-25(28)13-17-31-29)26-14-19-32(20-15-26)18-5-21-33-27-10-8-24(22-30)9-11-27/h3-4,6-11,23,26,31H,5,12-21H2,1-2H3. The maximum absolute atomic E-state index is 8.91. The van der Waals surface area contributed by atoms with Crippen LogP contribution in [0.2, 0.25) is 0 Å². The highest BCUT2D eigenvalue weighted by Gasteiger charge is 2.43. The molecule has 4 nitrogen and oxygen atoms in total. The van der Waals surface area contributed by atoms with Crippen LogP contribution >= 0.6 is 0 Å². The lowest BCUT2D eigenvalue weighted by Gasteiger charge is -2.49. The molecule has 0 bridgehead atoms. The monoisotopic (exact) mass is 445 g/mol. The van der Waals surface area contributed by atoms with Crippen molar-refractivity contribution < 1.29 is 4.74 Å². The van der Waals surface area contributed by atoms with Crippen molar-refractivity contribution in [2.45, 2.75) is 57.9 Å². The Hall–Kier alpha value is -2.35. The van der Waals surface area contributed by atoms with Gasteiger partial charge in [0.15, 0.2) is 0 Å². The van der Waals surface area contributed by atoms with E-state index in [0.29, 0.717) is 11.5 Å². The van der Waals surface area contributed by atoms with Gasteiger partial charge >= 0.3 is 0 Å². The molecule has 0 spiro atoms. The van der Waals surface area contributed by atoms with Crippen LogP contribution in [0, 0.1) is 23.2 Å². The number of nitrogens with zero attached hydrogens (tertiary/aromatic N) is 2. The van der Waals surface area contributed by atoms with Crippen LogP contribution in [-0.2, 0) is 12.0 Å². The van der Waals surface area contributed by atoms with Crippen LogP contribution in [0.15, 0.2) is 48.5 Å². The number of likely N-dealkylation sites (tertiary alicyclic amines) is 1. The molecule has 1 atom stereocenters. The van der Waals surface area contributed by atoms with Crippen LogP contribution in [0.1, 0.15) is 62.6 Å². The molecule has 0 aromatic heterocycles. The first kappa shape index (κ1) is 23.8. The summed E-state index contributed by atoms with van der Waals surface area (Å²) in [5.41, 5.74) is 3.95. The smallest absolute Gasteiger partial charge is 0.119 e. The van der Waals surface area contributed by atoms with Crippen molar-refractivity contribution in [1.82, 2.24) is 10.2 Å². The molecule has 1 fully saturated rings. The zero-order valence-electron chi connectivity index (χ0n) is 20.4. The Balaban J connectivity index is 1.31. The summed E-state index contributed by atoms with van der Waals surface area (Å²) in [6, 6.07) is 18.7. The molecule has 1 N–H and O–H groups in total. The van der Waals surface area contributed by atoms with Gasteiger partial charge in [0.1, 0.15) is 5.75 Å². The van der Waals surface area contributed by atoms with Gasteiger partial charge in [-0.15, -0.1) is 0 Å². The van der Waals surface area contributed by atoms with Crippen LogP contribution in [-0.4, -0.2) is 37.7 Å². The molecular weight excluding hydrogens is 406 g/mol. The Bertz CT molecular complexity index is 925. The zero-order valence-corrected chi connectivity index (χ0v) is 20.4. The number of nitriles is 1. The van der Waals surface area contributed by atoms with E-state index in [-0.39, 0.29) is 5.54 Å². The number of rotatable bonds is 9. The number of ether oxygens (including phenoxy) is 1. The first-order chi connectivity index (χ1) is 16.1. The normalized spacial score (nSPS) is 21.5. The first-order valence-electron chi connectivity index (χ1n) is 12.8. The van der Waals surface area contributed by atoms with Crippen molar-refractivity contribution in [3.8, 4) is 11.8 Å². The number of hydrogen-bond donors (Lipinski definition) is 1. The number of fused-ring (bicyclic) bond motifs is 1. The van der Waals surface area contributed by atoms with E-state index in [1.807, 2.05) is 24.3 Å². The quantitative estimate of drug-likeness (QED) is 0.517. The third-order valence-corrected chi connectivity index (χ3v) is 7.60. The van der Waals surface area contributed by atoms with E-state index in [0.717, 1.165) is 44.2 Å². The average molecular weight is 446 g/mol. The molecule has 2 aromatic carbocycles. The molecule has 0 saturated carbocycles. The molecule has 2 aromatic rings. The van der Waals surface area contributed by atoms with Crippen molar-refractivity contribution in [3.63, 3.8) is 0 Å². The van der Waals surface area contributed by atoms with E-state index in [9.17, 15) is 0 Å². The van der Waals surface area contributed by atoms with Gasteiger partial charge in [-0.1, -0.05) is 38.1 Å². The second kappa shape index (κ2) is 11.2. The second-order valence-electron chi connectivity index (χ2n) is 10.2. The predicted octanol–water partition coefficient (Wildman–Crippen LogP) is 5.52. The van der Waals surface area contributed by atoms with Crippen molar-refractivity contribution >= 4 is 0 Å². The van der Waals surface area contributed by atoms with Gasteiger partial charge in [0, 0.05) is 18.6 Å². The second-order valence-corrected chi connectivity index (χ2v) is 10.2. The fraction of sp³-hybridized carbons (Fsp3) is 0.552. The summed E-state index contributed by atoms with van der Waals surface area (Å²) in [7, 11) is 0. The Morgan fingerprint density at radius 1 is 1.12 bits per heavy atom. The number of nitrogens with one attached hydrogen (secondary N) is 1. The molecule has 0 amide bonds. The van der Waals surface area contributed by atoms with E-state index in [1.165, 1.54) is 38.8 Å². The number of hydrogen-bond acceptors (Lipinski definition) is 4. The summed E-state index contributed by atoms with van der Waals surface area (Å²) in [5, 5.41) is 13.0. The first-order valence-corrected chi connectivity index (χ1v) is 12.8. The molecule has 0 aliphatic carbocycles. The SMILES string of the molecule is CC(C)CCC1(C2CCN(CCCOc3ccc(C#N)cc3)CC2)NCCc2ccccc21.